The van der Waals surface area contributed by atoms with Crippen LogP contribution in [0, 0.1) is 0 Å². The quantitative estimate of drug-likeness (QED) is 0.321. The van der Waals surface area contributed by atoms with Gasteiger partial charge in [0.1, 0.15) is 5.65 Å². The summed E-state index contributed by atoms with van der Waals surface area (Å²) in [6, 6.07) is 12.0. The minimum Gasteiger partial charge on any atom is -0.338 e. The fraction of sp³-hybridized carbons (Fsp3) is 0.179. The molecule has 6 aromatic rings. The molecule has 38 heavy (non-hydrogen) atoms. The molecule has 7 heterocycles. The lowest BCUT2D eigenvalue weighted by atomic mass is 10.0. The van der Waals surface area contributed by atoms with Crippen LogP contribution >= 0.6 is 0 Å². The molecule has 1 aliphatic rings. The highest BCUT2D eigenvalue weighted by atomic mass is 19.3. The van der Waals surface area contributed by atoms with E-state index in [0.717, 1.165) is 55.6 Å². The van der Waals surface area contributed by atoms with E-state index in [1.54, 1.807) is 42.1 Å². The van der Waals surface area contributed by atoms with Crippen molar-refractivity contribution in [1.82, 2.24) is 40.0 Å². The van der Waals surface area contributed by atoms with Crippen LogP contribution in [0.3, 0.4) is 0 Å². The third kappa shape index (κ3) is 4.08. The first-order chi connectivity index (χ1) is 18.5. The molecule has 1 fully saturated rings. The van der Waals surface area contributed by atoms with Crippen LogP contribution in [0.15, 0.2) is 73.6 Å². The average molecular weight is 509 g/mol. The monoisotopic (exact) mass is 508 g/mol. The number of nitrogens with zero attached hydrogens (tertiary/aromatic N) is 6. The number of nitrogens with one attached hydrogen (secondary N) is 2. The zero-order valence-corrected chi connectivity index (χ0v) is 20.2. The van der Waals surface area contributed by atoms with Gasteiger partial charge in [-0.3, -0.25) is 20.0 Å². The van der Waals surface area contributed by atoms with Gasteiger partial charge in [-0.15, -0.1) is 0 Å². The largest absolute Gasteiger partial charge is 0.338 e. The Hall–Kier alpha value is -4.57. The molecule has 6 aromatic heterocycles. The molecule has 188 valence electrons. The zero-order chi connectivity index (χ0) is 25.7. The van der Waals surface area contributed by atoms with E-state index in [1.807, 2.05) is 30.3 Å². The first kappa shape index (κ1) is 22.6. The van der Waals surface area contributed by atoms with E-state index < -0.39 is 5.92 Å². The Morgan fingerprint density at radius 3 is 2.58 bits per heavy atom. The Bertz CT molecular complexity index is 1780. The Morgan fingerprint density at radius 1 is 0.868 bits per heavy atom. The van der Waals surface area contributed by atoms with Gasteiger partial charge in [0.2, 0.25) is 0 Å². The summed E-state index contributed by atoms with van der Waals surface area (Å²) in [7, 11) is 0. The summed E-state index contributed by atoms with van der Waals surface area (Å²) < 4.78 is 27.3. The molecule has 0 saturated carbocycles. The zero-order valence-electron chi connectivity index (χ0n) is 20.2. The second-order valence-corrected chi connectivity index (χ2v) is 9.63. The Kier molecular flexibility index (Phi) is 5.22. The number of aromatic nitrogens is 7. The topological polar surface area (TPSA) is 99.3 Å². The number of aromatic amines is 2. The number of likely N-dealkylation sites (tertiary alicyclic amines) is 1. The molecule has 0 bridgehead atoms. The summed E-state index contributed by atoms with van der Waals surface area (Å²) in [4.78, 5) is 22.7. The fourth-order valence-corrected chi connectivity index (χ4v) is 5.14. The number of rotatable bonds is 5. The van der Waals surface area contributed by atoms with Crippen LogP contribution in [0.1, 0.15) is 12.0 Å². The first-order valence-electron chi connectivity index (χ1n) is 12.3. The van der Waals surface area contributed by atoms with Crippen molar-refractivity contribution in [1.29, 1.82) is 0 Å². The predicted octanol–water partition coefficient (Wildman–Crippen LogP) is 5.47. The summed E-state index contributed by atoms with van der Waals surface area (Å²) in [5.74, 6) is -2.62. The van der Waals surface area contributed by atoms with Gasteiger partial charge in [-0.05, 0) is 53.1 Å². The highest BCUT2D eigenvalue weighted by molar-refractivity contribution is 5.99. The minimum atomic E-state index is -2.62. The van der Waals surface area contributed by atoms with E-state index in [2.05, 4.69) is 41.2 Å². The number of pyridine rings is 4. The normalized spacial score (nSPS) is 15.5. The molecule has 0 radical (unpaired) electrons. The number of fused-ring (bicyclic) bond motifs is 2. The predicted molar refractivity (Wildman–Crippen MR) is 140 cm³/mol. The van der Waals surface area contributed by atoms with Crippen molar-refractivity contribution in [3.05, 3.63) is 79.1 Å². The lowest BCUT2D eigenvalue weighted by Gasteiger charge is -2.15. The van der Waals surface area contributed by atoms with Crippen LogP contribution in [-0.4, -0.2) is 59.0 Å². The van der Waals surface area contributed by atoms with E-state index in [-0.39, 0.29) is 13.0 Å². The van der Waals surface area contributed by atoms with Gasteiger partial charge in [0, 0.05) is 78.6 Å². The summed E-state index contributed by atoms with van der Waals surface area (Å²) in [6.07, 6.45) is 10.5. The van der Waals surface area contributed by atoms with Gasteiger partial charge >= 0.3 is 0 Å². The van der Waals surface area contributed by atoms with Crippen LogP contribution in [0.5, 0.6) is 0 Å². The molecule has 7 rings (SSSR count). The van der Waals surface area contributed by atoms with Gasteiger partial charge in [0.05, 0.1) is 17.9 Å². The number of hydrogen-bond acceptors (Lipinski definition) is 6. The minimum absolute atomic E-state index is 0.0999. The first-order valence-corrected chi connectivity index (χ1v) is 12.3. The second kappa shape index (κ2) is 8.77. The second-order valence-electron chi connectivity index (χ2n) is 9.63. The SMILES string of the molecule is FC1(F)CCN(Cc2cncc(-c3cnc4n[nH]c(-c5cc6c(-c7ccncc7)ccnc6[nH]5)c4c3)c2)C1. The number of hydrogen-bond donors (Lipinski definition) is 2. The molecule has 0 unspecified atom stereocenters. The van der Waals surface area contributed by atoms with Gasteiger partial charge in [0.25, 0.3) is 5.92 Å². The van der Waals surface area contributed by atoms with Crippen LogP contribution in [0.25, 0.3) is 55.7 Å². The summed E-state index contributed by atoms with van der Waals surface area (Å²) in [5.41, 5.74) is 7.74. The van der Waals surface area contributed by atoms with Gasteiger partial charge < -0.3 is 4.98 Å². The van der Waals surface area contributed by atoms with Gasteiger partial charge in [-0.2, -0.15) is 5.10 Å². The van der Waals surface area contributed by atoms with Crippen molar-refractivity contribution in [3.63, 3.8) is 0 Å². The smallest absolute Gasteiger partial charge is 0.261 e. The highest BCUT2D eigenvalue weighted by Gasteiger charge is 2.37. The molecule has 10 heteroatoms. The molecule has 0 spiro atoms. The molecule has 0 amide bonds. The third-order valence-corrected chi connectivity index (χ3v) is 6.99. The Morgan fingerprint density at radius 2 is 1.74 bits per heavy atom. The lowest BCUT2D eigenvalue weighted by molar-refractivity contribution is 0.0115. The molecule has 0 aliphatic carbocycles. The van der Waals surface area contributed by atoms with Crippen molar-refractivity contribution in [3.8, 4) is 33.6 Å². The van der Waals surface area contributed by atoms with E-state index >= 15 is 0 Å². The van der Waals surface area contributed by atoms with Gasteiger partial charge in [-0.25, -0.2) is 18.7 Å². The van der Waals surface area contributed by atoms with Crippen molar-refractivity contribution in [2.45, 2.75) is 18.9 Å². The maximum Gasteiger partial charge on any atom is 0.261 e. The standard InChI is InChI=1S/C28H22F2N8/c29-28(30)4-8-38(16-28)15-17-9-19(13-32-12-17)20-10-23-25(36-37-27(23)34-14-20)24-11-22-21(3-7-33-26(22)35-24)18-1-5-31-6-2-18/h1-3,5-7,9-14H,4,8,15-16H2,(H,33,35)(H,34,36,37). The number of H-pyrrole nitrogens is 2. The molecular formula is C28H22F2N8. The average Bonchev–Trinajstić information content (AvgIpc) is 3.64. The molecule has 8 nitrogen and oxygen atoms in total. The van der Waals surface area contributed by atoms with Crippen LogP contribution in [0.4, 0.5) is 8.78 Å². The van der Waals surface area contributed by atoms with Crippen molar-refractivity contribution in [2.24, 2.45) is 0 Å². The molecule has 2 N–H and O–H groups in total. The molecule has 0 atom stereocenters. The van der Waals surface area contributed by atoms with E-state index in [4.69, 9.17) is 0 Å². The highest BCUT2D eigenvalue weighted by Crippen LogP contribution is 2.34. The summed E-state index contributed by atoms with van der Waals surface area (Å²) >= 11 is 0. The molecule has 1 aliphatic heterocycles. The van der Waals surface area contributed by atoms with Crippen LogP contribution < -0.4 is 0 Å². The number of alkyl halides is 2. The number of halogens is 2. The maximum absolute atomic E-state index is 13.6. The maximum atomic E-state index is 13.6. The Balaban J connectivity index is 1.24. The molecule has 0 aromatic carbocycles. The van der Waals surface area contributed by atoms with E-state index in [9.17, 15) is 8.78 Å². The molecule has 1 saturated heterocycles. The van der Waals surface area contributed by atoms with Gasteiger partial charge in [0.15, 0.2) is 5.65 Å². The summed E-state index contributed by atoms with van der Waals surface area (Å²) in [6.45, 7) is 0.599. The Labute approximate surface area is 215 Å². The van der Waals surface area contributed by atoms with E-state index in [1.165, 1.54) is 0 Å². The van der Waals surface area contributed by atoms with Crippen molar-refractivity contribution >= 4 is 22.1 Å². The third-order valence-electron chi connectivity index (χ3n) is 6.99. The van der Waals surface area contributed by atoms with Crippen molar-refractivity contribution < 1.29 is 8.78 Å². The van der Waals surface area contributed by atoms with Gasteiger partial charge in [-0.1, -0.05) is 0 Å². The van der Waals surface area contributed by atoms with Crippen LogP contribution in [0.2, 0.25) is 0 Å². The van der Waals surface area contributed by atoms with Crippen molar-refractivity contribution in [2.75, 3.05) is 13.1 Å². The molecular weight excluding hydrogens is 486 g/mol. The fourth-order valence-electron chi connectivity index (χ4n) is 5.14. The van der Waals surface area contributed by atoms with Crippen LogP contribution in [-0.2, 0) is 6.54 Å². The lowest BCUT2D eigenvalue weighted by Crippen LogP contribution is -2.24. The summed E-state index contributed by atoms with van der Waals surface area (Å²) in [5, 5.41) is 9.37. The van der Waals surface area contributed by atoms with E-state index in [0.29, 0.717) is 18.7 Å².